The number of carbonyl (C=O) groups is 1. The first kappa shape index (κ1) is 17.6. The van der Waals surface area contributed by atoms with Crippen molar-refractivity contribution in [1.82, 2.24) is 4.90 Å². The van der Waals surface area contributed by atoms with Crippen LogP contribution in [0.15, 0.2) is 54.6 Å². The molecule has 0 bridgehead atoms. The average molecular weight is 339 g/mol. The highest BCUT2D eigenvalue weighted by molar-refractivity contribution is 5.69. The second kappa shape index (κ2) is 8.28. The van der Waals surface area contributed by atoms with E-state index < -0.39 is 5.97 Å². The van der Waals surface area contributed by atoms with E-state index in [-0.39, 0.29) is 18.8 Å². The Balaban J connectivity index is 1.71. The Morgan fingerprint density at radius 3 is 2.28 bits per heavy atom. The molecule has 0 spiro atoms. The van der Waals surface area contributed by atoms with Crippen molar-refractivity contribution in [3.05, 3.63) is 71.3 Å². The molecule has 0 aromatic heterocycles. The number of rotatable bonds is 6. The highest BCUT2D eigenvalue weighted by Crippen LogP contribution is 2.30. The number of aliphatic carboxylic acids is 1. The zero-order valence-electron chi connectivity index (χ0n) is 14.6. The SMILES string of the molecule is Cc1ccc(C(OC2CCN(CC(=O)O)CC2)c2ccccc2)cc1. The molecule has 25 heavy (non-hydrogen) atoms. The van der Waals surface area contributed by atoms with E-state index in [0.29, 0.717) is 0 Å². The lowest BCUT2D eigenvalue weighted by Crippen LogP contribution is -2.40. The highest BCUT2D eigenvalue weighted by Gasteiger charge is 2.25. The predicted molar refractivity (Wildman–Crippen MR) is 97.6 cm³/mol. The third kappa shape index (κ3) is 4.91. The van der Waals surface area contributed by atoms with Gasteiger partial charge in [-0.2, -0.15) is 0 Å². The summed E-state index contributed by atoms with van der Waals surface area (Å²) in [5.41, 5.74) is 3.54. The second-order valence-electron chi connectivity index (χ2n) is 6.71. The maximum atomic E-state index is 10.9. The van der Waals surface area contributed by atoms with Gasteiger partial charge in [0.25, 0.3) is 0 Å². The van der Waals surface area contributed by atoms with Crippen LogP contribution in [0.5, 0.6) is 0 Å². The fraction of sp³-hybridized carbons (Fsp3) is 0.381. The Labute approximate surface area is 149 Å². The Bertz CT molecular complexity index is 676. The van der Waals surface area contributed by atoms with Gasteiger partial charge in [-0.15, -0.1) is 0 Å². The lowest BCUT2D eigenvalue weighted by molar-refractivity contribution is -0.139. The summed E-state index contributed by atoms with van der Waals surface area (Å²) < 4.78 is 6.48. The predicted octanol–water partition coefficient (Wildman–Crippen LogP) is 3.65. The summed E-state index contributed by atoms with van der Waals surface area (Å²) in [7, 11) is 0. The van der Waals surface area contributed by atoms with Gasteiger partial charge in [0.2, 0.25) is 0 Å². The number of hydrogen-bond donors (Lipinski definition) is 1. The molecule has 1 aliphatic rings. The molecule has 1 unspecified atom stereocenters. The lowest BCUT2D eigenvalue weighted by atomic mass is 9.99. The zero-order valence-corrected chi connectivity index (χ0v) is 14.6. The largest absolute Gasteiger partial charge is 0.480 e. The van der Waals surface area contributed by atoms with Crippen LogP contribution in [0.3, 0.4) is 0 Å². The standard InChI is InChI=1S/C21H25NO3/c1-16-7-9-18(10-8-16)21(17-5-3-2-4-6-17)25-19-11-13-22(14-12-19)15-20(23)24/h2-10,19,21H,11-15H2,1H3,(H,23,24). The van der Waals surface area contributed by atoms with Crippen molar-refractivity contribution in [3.8, 4) is 0 Å². The number of carboxylic acids is 1. The molecule has 0 radical (unpaired) electrons. The molecule has 0 aliphatic carbocycles. The van der Waals surface area contributed by atoms with E-state index in [1.165, 1.54) is 5.56 Å². The van der Waals surface area contributed by atoms with Gasteiger partial charge in [0.15, 0.2) is 0 Å². The third-order valence-corrected chi connectivity index (χ3v) is 4.70. The van der Waals surface area contributed by atoms with Crippen molar-refractivity contribution in [2.75, 3.05) is 19.6 Å². The lowest BCUT2D eigenvalue weighted by Gasteiger charge is -2.33. The van der Waals surface area contributed by atoms with Crippen molar-refractivity contribution >= 4 is 5.97 Å². The molecule has 1 atom stereocenters. The van der Waals surface area contributed by atoms with Gasteiger partial charge in [-0.3, -0.25) is 9.69 Å². The van der Waals surface area contributed by atoms with Crippen molar-refractivity contribution in [1.29, 1.82) is 0 Å². The summed E-state index contributed by atoms with van der Waals surface area (Å²) in [6.07, 6.45) is 1.79. The molecular formula is C21H25NO3. The summed E-state index contributed by atoms with van der Waals surface area (Å²) >= 11 is 0. The van der Waals surface area contributed by atoms with Crippen molar-refractivity contribution in [2.45, 2.75) is 32.0 Å². The Morgan fingerprint density at radius 2 is 1.68 bits per heavy atom. The van der Waals surface area contributed by atoms with Crippen LogP contribution in [0.1, 0.15) is 35.6 Å². The van der Waals surface area contributed by atoms with E-state index >= 15 is 0 Å². The zero-order chi connectivity index (χ0) is 17.6. The van der Waals surface area contributed by atoms with Crippen LogP contribution in [0.25, 0.3) is 0 Å². The minimum atomic E-state index is -0.763. The third-order valence-electron chi connectivity index (χ3n) is 4.70. The van der Waals surface area contributed by atoms with Gasteiger partial charge in [0.1, 0.15) is 6.10 Å². The molecule has 1 N–H and O–H groups in total. The minimum absolute atomic E-state index is 0.0853. The molecule has 2 aromatic carbocycles. The average Bonchev–Trinajstić information content (AvgIpc) is 2.62. The van der Waals surface area contributed by atoms with Gasteiger partial charge >= 0.3 is 5.97 Å². The molecule has 1 fully saturated rings. The summed E-state index contributed by atoms with van der Waals surface area (Å²) in [5.74, 6) is -0.763. The van der Waals surface area contributed by atoms with Gasteiger partial charge in [-0.05, 0) is 30.9 Å². The van der Waals surface area contributed by atoms with E-state index in [1.807, 2.05) is 23.1 Å². The normalized spacial score (nSPS) is 17.3. The van der Waals surface area contributed by atoms with Gasteiger partial charge in [0.05, 0.1) is 12.6 Å². The van der Waals surface area contributed by atoms with Gasteiger partial charge in [0, 0.05) is 13.1 Å². The highest BCUT2D eigenvalue weighted by atomic mass is 16.5. The molecule has 4 heteroatoms. The Morgan fingerprint density at radius 1 is 1.08 bits per heavy atom. The molecule has 2 aromatic rings. The number of nitrogens with zero attached hydrogens (tertiary/aromatic N) is 1. The number of likely N-dealkylation sites (tertiary alicyclic amines) is 1. The number of ether oxygens (including phenoxy) is 1. The molecule has 1 saturated heterocycles. The van der Waals surface area contributed by atoms with Crippen LogP contribution >= 0.6 is 0 Å². The number of benzene rings is 2. The summed E-state index contributed by atoms with van der Waals surface area (Å²) in [4.78, 5) is 12.8. The van der Waals surface area contributed by atoms with E-state index in [9.17, 15) is 4.79 Å². The molecule has 3 rings (SSSR count). The number of aryl methyl sites for hydroxylation is 1. The van der Waals surface area contributed by atoms with E-state index in [4.69, 9.17) is 9.84 Å². The van der Waals surface area contributed by atoms with Gasteiger partial charge in [-0.1, -0.05) is 60.2 Å². The van der Waals surface area contributed by atoms with Crippen LogP contribution in [-0.2, 0) is 9.53 Å². The fourth-order valence-corrected chi connectivity index (χ4v) is 3.31. The van der Waals surface area contributed by atoms with Crippen LogP contribution in [0.4, 0.5) is 0 Å². The first-order valence-corrected chi connectivity index (χ1v) is 8.83. The molecule has 0 saturated carbocycles. The van der Waals surface area contributed by atoms with E-state index in [0.717, 1.165) is 37.1 Å². The first-order valence-electron chi connectivity index (χ1n) is 8.83. The maximum Gasteiger partial charge on any atom is 0.317 e. The molecular weight excluding hydrogens is 314 g/mol. The number of hydrogen-bond acceptors (Lipinski definition) is 3. The Hall–Kier alpha value is -2.17. The molecule has 132 valence electrons. The summed E-state index contributed by atoms with van der Waals surface area (Å²) in [5, 5.41) is 8.92. The maximum absolute atomic E-state index is 10.9. The molecule has 0 amide bonds. The number of piperidine rings is 1. The quantitative estimate of drug-likeness (QED) is 0.873. The van der Waals surface area contributed by atoms with Crippen LogP contribution < -0.4 is 0 Å². The molecule has 1 aliphatic heterocycles. The minimum Gasteiger partial charge on any atom is -0.480 e. The second-order valence-corrected chi connectivity index (χ2v) is 6.71. The van der Waals surface area contributed by atoms with Crippen molar-refractivity contribution in [3.63, 3.8) is 0 Å². The molecule has 1 heterocycles. The van der Waals surface area contributed by atoms with Gasteiger partial charge in [-0.25, -0.2) is 0 Å². The fourth-order valence-electron chi connectivity index (χ4n) is 3.31. The summed E-state index contributed by atoms with van der Waals surface area (Å²) in [6, 6.07) is 18.8. The topological polar surface area (TPSA) is 49.8 Å². The monoisotopic (exact) mass is 339 g/mol. The first-order chi connectivity index (χ1) is 12.1. The van der Waals surface area contributed by atoms with E-state index in [1.54, 1.807) is 0 Å². The number of carboxylic acid groups (broad SMARTS) is 1. The van der Waals surface area contributed by atoms with Crippen LogP contribution in [0.2, 0.25) is 0 Å². The van der Waals surface area contributed by atoms with Crippen LogP contribution in [-0.4, -0.2) is 41.7 Å². The van der Waals surface area contributed by atoms with Crippen LogP contribution in [0, 0.1) is 6.92 Å². The van der Waals surface area contributed by atoms with Crippen molar-refractivity contribution < 1.29 is 14.6 Å². The smallest absolute Gasteiger partial charge is 0.317 e. The van der Waals surface area contributed by atoms with E-state index in [2.05, 4.69) is 43.3 Å². The van der Waals surface area contributed by atoms with Gasteiger partial charge < -0.3 is 9.84 Å². The van der Waals surface area contributed by atoms with Crippen molar-refractivity contribution in [2.24, 2.45) is 0 Å². The summed E-state index contributed by atoms with van der Waals surface area (Å²) in [6.45, 7) is 3.74. The Kier molecular flexibility index (Phi) is 5.84. The molecule has 4 nitrogen and oxygen atoms in total.